The molecule has 0 spiro atoms. The predicted octanol–water partition coefficient (Wildman–Crippen LogP) is 1.25. The fourth-order valence-electron chi connectivity index (χ4n) is 1.92. The Morgan fingerprint density at radius 3 is 2.60 bits per heavy atom. The monoisotopic (exact) mass is 342 g/mol. The molecule has 20 heavy (non-hydrogen) atoms. The Morgan fingerprint density at radius 2 is 2.00 bits per heavy atom. The van der Waals surface area contributed by atoms with Crippen molar-refractivity contribution in [1.29, 1.82) is 0 Å². The van der Waals surface area contributed by atoms with E-state index in [0.29, 0.717) is 4.47 Å². The van der Waals surface area contributed by atoms with Gasteiger partial charge in [-0.15, -0.1) is 0 Å². The first-order valence-electron chi connectivity index (χ1n) is 6.16. The summed E-state index contributed by atoms with van der Waals surface area (Å²) in [5.41, 5.74) is 2.94. The molecule has 1 heterocycles. The van der Waals surface area contributed by atoms with Crippen LogP contribution in [0.5, 0.6) is 0 Å². The minimum Gasteiger partial charge on any atom is -0.304 e. The van der Waals surface area contributed by atoms with E-state index in [1.54, 1.807) is 0 Å². The number of nitrogens with one attached hydrogen (secondary N) is 1. The van der Waals surface area contributed by atoms with Crippen molar-refractivity contribution in [3.63, 3.8) is 0 Å². The molecule has 2 rings (SSSR count). The number of nitrogens with zero attached hydrogens (tertiary/aromatic N) is 3. The average molecular weight is 343 g/mol. The highest BCUT2D eigenvalue weighted by atomic mass is 79.9. The molecule has 1 fully saturated rings. The highest BCUT2D eigenvalue weighted by Gasteiger charge is 2.20. The minimum absolute atomic E-state index is 0.100. The summed E-state index contributed by atoms with van der Waals surface area (Å²) in [6.45, 7) is 3.20. The molecule has 1 saturated heterocycles. The van der Waals surface area contributed by atoms with Crippen LogP contribution in [0.1, 0.15) is 10.4 Å². The number of hydrogen-bond donors (Lipinski definition) is 1. The molecule has 7 nitrogen and oxygen atoms in total. The summed E-state index contributed by atoms with van der Waals surface area (Å²) in [6, 6.07) is 4.14. The number of nitro benzene ring substituents is 1. The summed E-state index contributed by atoms with van der Waals surface area (Å²) in [5, 5.41) is 12.6. The van der Waals surface area contributed by atoms with Crippen molar-refractivity contribution in [3.05, 3.63) is 38.3 Å². The quantitative estimate of drug-likeness (QED) is 0.660. The standard InChI is InChI=1S/C12H15BrN4O3/c1-15-4-6-16(7-5-15)14-12(18)10-8-9(17(19)20)2-3-11(10)13/h2-3,8H,4-7H2,1H3,(H,14,18). The fourth-order valence-corrected chi connectivity index (χ4v) is 2.35. The highest BCUT2D eigenvalue weighted by Crippen LogP contribution is 2.22. The summed E-state index contributed by atoms with van der Waals surface area (Å²) >= 11 is 3.24. The van der Waals surface area contributed by atoms with Crippen LogP contribution >= 0.6 is 15.9 Å². The Bertz CT molecular complexity index is 529. The van der Waals surface area contributed by atoms with Crippen molar-refractivity contribution >= 4 is 27.5 Å². The van der Waals surface area contributed by atoms with Gasteiger partial charge in [0.25, 0.3) is 11.6 Å². The van der Waals surface area contributed by atoms with Gasteiger partial charge in [0.1, 0.15) is 0 Å². The van der Waals surface area contributed by atoms with Crippen molar-refractivity contribution in [2.24, 2.45) is 0 Å². The topological polar surface area (TPSA) is 78.7 Å². The third-order valence-corrected chi connectivity index (χ3v) is 3.86. The van der Waals surface area contributed by atoms with E-state index in [1.165, 1.54) is 18.2 Å². The number of carbonyl (C=O) groups excluding carboxylic acids is 1. The third kappa shape index (κ3) is 3.53. The number of piperazine rings is 1. The van der Waals surface area contributed by atoms with Crippen molar-refractivity contribution in [2.45, 2.75) is 0 Å². The largest absolute Gasteiger partial charge is 0.304 e. The van der Waals surface area contributed by atoms with Crippen LogP contribution in [0.25, 0.3) is 0 Å². The third-order valence-electron chi connectivity index (χ3n) is 3.17. The van der Waals surface area contributed by atoms with E-state index < -0.39 is 4.92 Å². The minimum atomic E-state index is -0.515. The van der Waals surface area contributed by atoms with Crippen LogP contribution in [0.15, 0.2) is 22.7 Å². The molecule has 1 aromatic rings. The maximum atomic E-state index is 12.2. The zero-order valence-corrected chi connectivity index (χ0v) is 12.6. The molecule has 1 N–H and O–H groups in total. The summed E-state index contributed by atoms with van der Waals surface area (Å²) in [4.78, 5) is 24.6. The van der Waals surface area contributed by atoms with Gasteiger partial charge < -0.3 is 4.90 Å². The lowest BCUT2D eigenvalue weighted by atomic mass is 10.2. The van der Waals surface area contributed by atoms with E-state index in [0.717, 1.165) is 26.2 Å². The molecule has 0 aliphatic carbocycles. The smallest absolute Gasteiger partial charge is 0.270 e. The van der Waals surface area contributed by atoms with E-state index in [9.17, 15) is 14.9 Å². The van der Waals surface area contributed by atoms with Gasteiger partial charge in [-0.05, 0) is 29.0 Å². The Kier molecular flexibility index (Phi) is 4.69. The van der Waals surface area contributed by atoms with E-state index in [1.807, 2.05) is 12.1 Å². The van der Waals surface area contributed by atoms with Crippen LogP contribution in [-0.4, -0.2) is 54.0 Å². The van der Waals surface area contributed by atoms with Crippen LogP contribution in [-0.2, 0) is 0 Å². The molecule has 1 amide bonds. The van der Waals surface area contributed by atoms with E-state index in [4.69, 9.17) is 0 Å². The van der Waals surface area contributed by atoms with Gasteiger partial charge in [-0.3, -0.25) is 20.3 Å². The van der Waals surface area contributed by atoms with Gasteiger partial charge in [0.15, 0.2) is 0 Å². The molecule has 108 valence electrons. The molecular weight excluding hydrogens is 328 g/mol. The first kappa shape index (κ1) is 14.9. The average Bonchev–Trinajstić information content (AvgIpc) is 2.41. The number of carbonyl (C=O) groups is 1. The summed E-state index contributed by atoms with van der Waals surface area (Å²) in [7, 11) is 2.02. The lowest BCUT2D eigenvalue weighted by molar-refractivity contribution is -0.384. The van der Waals surface area contributed by atoms with Gasteiger partial charge in [0.2, 0.25) is 0 Å². The summed E-state index contributed by atoms with van der Waals surface area (Å²) < 4.78 is 0.537. The second kappa shape index (κ2) is 6.29. The molecule has 1 aromatic carbocycles. The van der Waals surface area contributed by atoms with Gasteiger partial charge in [-0.1, -0.05) is 0 Å². The molecule has 0 unspecified atom stereocenters. The number of nitro groups is 1. The molecule has 8 heteroatoms. The van der Waals surface area contributed by atoms with Gasteiger partial charge in [0, 0.05) is 42.8 Å². The second-order valence-electron chi connectivity index (χ2n) is 4.65. The van der Waals surface area contributed by atoms with Crippen molar-refractivity contribution < 1.29 is 9.72 Å². The predicted molar refractivity (Wildman–Crippen MR) is 77.3 cm³/mol. The zero-order chi connectivity index (χ0) is 14.7. The summed E-state index contributed by atoms with van der Waals surface area (Å²) in [6.07, 6.45) is 0. The van der Waals surface area contributed by atoms with Gasteiger partial charge in [0.05, 0.1) is 10.5 Å². The number of hydrogen-bond acceptors (Lipinski definition) is 5. The van der Waals surface area contributed by atoms with Crippen LogP contribution in [0, 0.1) is 10.1 Å². The number of hydrazine groups is 1. The number of likely N-dealkylation sites (N-methyl/N-ethyl adjacent to an activating group) is 1. The second-order valence-corrected chi connectivity index (χ2v) is 5.51. The van der Waals surface area contributed by atoms with E-state index >= 15 is 0 Å². The molecule has 0 radical (unpaired) electrons. The number of amides is 1. The van der Waals surface area contributed by atoms with Gasteiger partial charge in [-0.2, -0.15) is 0 Å². The molecule has 1 aliphatic rings. The molecule has 1 aliphatic heterocycles. The van der Waals surface area contributed by atoms with Crippen molar-refractivity contribution in [1.82, 2.24) is 15.3 Å². The molecule has 0 atom stereocenters. The Balaban J connectivity index is 2.08. The van der Waals surface area contributed by atoms with E-state index in [-0.39, 0.29) is 17.2 Å². The highest BCUT2D eigenvalue weighted by molar-refractivity contribution is 9.10. The van der Waals surface area contributed by atoms with Crippen LogP contribution in [0.3, 0.4) is 0 Å². The number of benzene rings is 1. The fraction of sp³-hybridized carbons (Fsp3) is 0.417. The zero-order valence-electron chi connectivity index (χ0n) is 11.0. The van der Waals surface area contributed by atoms with Gasteiger partial charge in [-0.25, -0.2) is 5.01 Å². The van der Waals surface area contributed by atoms with Crippen LogP contribution < -0.4 is 5.43 Å². The number of halogens is 1. The number of non-ortho nitro benzene ring substituents is 1. The van der Waals surface area contributed by atoms with Crippen LogP contribution in [0.2, 0.25) is 0 Å². The first-order valence-corrected chi connectivity index (χ1v) is 6.95. The maximum Gasteiger partial charge on any atom is 0.270 e. The van der Waals surface area contributed by atoms with Crippen molar-refractivity contribution in [2.75, 3.05) is 33.2 Å². The Morgan fingerprint density at radius 1 is 1.35 bits per heavy atom. The Hall–Kier alpha value is -1.51. The molecule has 0 aromatic heterocycles. The van der Waals surface area contributed by atoms with E-state index in [2.05, 4.69) is 26.3 Å². The lowest BCUT2D eigenvalue weighted by Gasteiger charge is -2.32. The van der Waals surface area contributed by atoms with Crippen LogP contribution in [0.4, 0.5) is 5.69 Å². The molecule has 0 bridgehead atoms. The maximum absolute atomic E-state index is 12.2. The number of rotatable bonds is 3. The normalized spacial score (nSPS) is 16.9. The lowest BCUT2D eigenvalue weighted by Crippen LogP contribution is -2.52. The SMILES string of the molecule is CN1CCN(NC(=O)c2cc([N+](=O)[O-])ccc2Br)CC1. The Labute approximate surface area is 124 Å². The molecular formula is C12H15BrN4O3. The summed E-state index contributed by atoms with van der Waals surface area (Å²) in [5.74, 6) is -0.342. The van der Waals surface area contributed by atoms with Crippen molar-refractivity contribution in [3.8, 4) is 0 Å². The first-order chi connectivity index (χ1) is 9.47. The molecule has 0 saturated carbocycles. The van der Waals surface area contributed by atoms with Gasteiger partial charge >= 0.3 is 0 Å².